The molecule has 62 heavy (non-hydrogen) atoms. The van der Waals surface area contributed by atoms with Gasteiger partial charge in [-0.05, 0) is 39.2 Å². The summed E-state index contributed by atoms with van der Waals surface area (Å²) in [6.45, 7) is 9.83. The second-order valence-electron chi connectivity index (χ2n) is 17.5. The minimum Gasteiger partial charge on any atom is -0.271 e. The predicted octanol–water partition coefficient (Wildman–Crippen LogP) is 17.7. The van der Waals surface area contributed by atoms with Crippen LogP contribution in [0.15, 0.2) is 0 Å². The summed E-state index contributed by atoms with van der Waals surface area (Å²) in [6.07, 6.45) is 19.1. The van der Waals surface area contributed by atoms with Crippen LogP contribution in [0.2, 0.25) is 35.2 Å². The molecule has 0 N–H and O–H groups in total. The van der Waals surface area contributed by atoms with Crippen LogP contribution >= 0.6 is 81.2 Å². The van der Waals surface area contributed by atoms with E-state index in [1.807, 2.05) is 13.8 Å². The van der Waals surface area contributed by atoms with E-state index in [0.717, 1.165) is 51.4 Å². The van der Waals surface area contributed by atoms with E-state index < -0.39 is 35.7 Å². The Morgan fingerprint density at radius 3 is 0.968 bits per heavy atom. The van der Waals surface area contributed by atoms with Crippen LogP contribution < -0.4 is 0 Å². The molecule has 332 valence electrons. The van der Waals surface area contributed by atoms with Gasteiger partial charge in [0.1, 0.15) is 0 Å². The molecule has 0 aliphatic carbocycles. The number of halogens is 7. The fourth-order valence-electron chi connectivity index (χ4n) is 10.1. The first-order valence-corrected chi connectivity index (χ1v) is 25.1. The maximum atomic E-state index is 14.7. The maximum absolute atomic E-state index is 14.7. The van der Waals surface area contributed by atoms with E-state index in [4.69, 9.17) is 81.2 Å². The van der Waals surface area contributed by atoms with Crippen molar-refractivity contribution >= 4 is 148 Å². The van der Waals surface area contributed by atoms with E-state index in [-0.39, 0.29) is 84.3 Å². The number of nitrogens with zero attached hydrogens (tertiary/aromatic N) is 2. The number of carbonyl (C=O) groups is 4. The topological polar surface area (TPSA) is 74.8 Å². The van der Waals surface area contributed by atoms with Gasteiger partial charge in [-0.15, -0.1) is 0 Å². The molecule has 0 saturated carbocycles. The van der Waals surface area contributed by atoms with Crippen molar-refractivity contribution in [1.82, 2.24) is 9.80 Å². The van der Waals surface area contributed by atoms with Gasteiger partial charge in [0.05, 0.1) is 57.4 Å². The molecule has 7 rings (SSSR count). The van der Waals surface area contributed by atoms with Crippen molar-refractivity contribution < 1.29 is 19.2 Å². The monoisotopic (exact) mass is 978 g/mol. The molecule has 2 aliphatic rings. The highest BCUT2D eigenvalue weighted by molar-refractivity contribution is 6.62. The Morgan fingerprint density at radius 1 is 0.355 bits per heavy atom. The normalized spacial score (nSPS) is 15.2. The number of hydrogen-bond donors (Lipinski definition) is 0. The fourth-order valence-corrected chi connectivity index (χ4v) is 12.0. The van der Waals surface area contributed by atoms with Crippen molar-refractivity contribution in [1.29, 1.82) is 0 Å². The summed E-state index contributed by atoms with van der Waals surface area (Å²) in [4.78, 5) is 61.1. The quantitative estimate of drug-likeness (QED) is 0.0337. The SMILES string of the molecule is CCCCCCCCCCC(C)N1C(=O)c2c(C)c(Cl)c3c4c(Cl)c(Cl)c5c6c(c(Cl)c(Cl)c(c7c(Cl)c(Cl)c(c2c37)C1=O)c64)C(=O)N(C(C)CCCCCCCCCC)C5=O. The van der Waals surface area contributed by atoms with Gasteiger partial charge >= 0.3 is 0 Å². The van der Waals surface area contributed by atoms with Gasteiger partial charge in [0.15, 0.2) is 0 Å². The molecule has 4 amide bonds. The second kappa shape index (κ2) is 19.7. The summed E-state index contributed by atoms with van der Waals surface area (Å²) in [5, 5.41) is 2.03. The summed E-state index contributed by atoms with van der Waals surface area (Å²) in [5.74, 6) is -2.26. The summed E-state index contributed by atoms with van der Waals surface area (Å²) < 4.78 is 0. The van der Waals surface area contributed by atoms with E-state index in [1.165, 1.54) is 61.2 Å². The molecule has 2 unspecified atom stereocenters. The molecule has 0 fully saturated rings. The largest absolute Gasteiger partial charge is 0.271 e. The molecule has 0 aromatic heterocycles. The predicted molar refractivity (Wildman–Crippen MR) is 262 cm³/mol. The zero-order chi connectivity index (χ0) is 44.9. The molecule has 0 saturated heterocycles. The van der Waals surface area contributed by atoms with Crippen LogP contribution in [0.4, 0.5) is 0 Å². The van der Waals surface area contributed by atoms with E-state index >= 15 is 0 Å². The highest BCUT2D eigenvalue weighted by atomic mass is 35.5. The number of hydrogen-bond acceptors (Lipinski definition) is 4. The van der Waals surface area contributed by atoms with Crippen molar-refractivity contribution in [3.8, 4) is 0 Å². The molecular formula is C49H53Cl7N2O4. The smallest absolute Gasteiger partial charge is 0.263 e. The number of fused-ring (bicyclic) bond motifs is 2. The highest BCUT2D eigenvalue weighted by Crippen LogP contribution is 2.59. The van der Waals surface area contributed by atoms with Crippen LogP contribution in [-0.2, 0) is 0 Å². The van der Waals surface area contributed by atoms with Gasteiger partial charge in [0, 0.05) is 55.2 Å². The molecule has 2 aliphatic heterocycles. The molecule has 6 nitrogen and oxygen atoms in total. The third-order valence-electron chi connectivity index (χ3n) is 13.4. The zero-order valence-electron chi connectivity index (χ0n) is 36.1. The second-order valence-corrected chi connectivity index (χ2v) is 20.2. The number of benzene rings is 5. The first kappa shape index (κ1) is 47.7. The summed E-state index contributed by atoms with van der Waals surface area (Å²) >= 11 is 50.8. The van der Waals surface area contributed by atoms with E-state index in [1.54, 1.807) is 6.92 Å². The van der Waals surface area contributed by atoms with Crippen molar-refractivity contribution in [2.24, 2.45) is 0 Å². The number of carbonyl (C=O) groups excluding carboxylic acids is 4. The lowest BCUT2D eigenvalue weighted by atomic mass is 9.80. The number of unbranched alkanes of at least 4 members (excludes halogenated alkanes) is 14. The molecule has 5 aromatic rings. The Kier molecular flexibility index (Phi) is 15.1. The van der Waals surface area contributed by atoms with Crippen LogP contribution in [0.5, 0.6) is 0 Å². The number of imide groups is 2. The fraction of sp³-hybridized carbons (Fsp3) is 0.510. The van der Waals surface area contributed by atoms with E-state index in [9.17, 15) is 19.2 Å². The van der Waals surface area contributed by atoms with Gasteiger partial charge in [-0.2, -0.15) is 0 Å². The molecule has 0 bridgehead atoms. The number of rotatable bonds is 20. The van der Waals surface area contributed by atoms with Gasteiger partial charge in [0.25, 0.3) is 23.6 Å². The minimum atomic E-state index is -0.600. The maximum Gasteiger partial charge on any atom is 0.263 e. The van der Waals surface area contributed by atoms with Crippen LogP contribution in [0.25, 0.3) is 43.1 Å². The van der Waals surface area contributed by atoms with E-state index in [0.29, 0.717) is 34.6 Å². The van der Waals surface area contributed by atoms with Gasteiger partial charge in [-0.3, -0.25) is 29.0 Å². The zero-order valence-corrected chi connectivity index (χ0v) is 41.3. The Morgan fingerprint density at radius 2 is 0.629 bits per heavy atom. The lowest BCUT2D eigenvalue weighted by molar-refractivity contribution is 0.0526. The molecule has 2 atom stereocenters. The molecule has 0 spiro atoms. The van der Waals surface area contributed by atoms with Crippen molar-refractivity contribution in [2.75, 3.05) is 0 Å². The minimum absolute atomic E-state index is 0.0120. The van der Waals surface area contributed by atoms with Crippen molar-refractivity contribution in [3.63, 3.8) is 0 Å². The van der Waals surface area contributed by atoms with Gasteiger partial charge < -0.3 is 0 Å². The Balaban J connectivity index is 1.36. The van der Waals surface area contributed by atoms with Gasteiger partial charge in [0.2, 0.25) is 0 Å². The standard InChI is InChI=1S/C49H53Cl7N2O4/c1-6-8-10-12-14-16-18-20-22-24(3)57-46(59)27-26(5)39(50)32-29-28(27)36(47(57)60)43(54)41(52)34(29)35-30-31-37(44(55)40(51)33(30)32)48(61)58(49(62)38(31)45(56)42(35)53)25(4)23-21-19-17-15-13-11-9-7-2/h24-25H,6-23H2,1-5H3. The molecule has 2 heterocycles. The van der Waals surface area contributed by atoms with Crippen LogP contribution in [0.1, 0.15) is 190 Å². The van der Waals surface area contributed by atoms with Crippen LogP contribution in [0.3, 0.4) is 0 Å². The third kappa shape index (κ3) is 7.86. The Bertz CT molecular complexity index is 2320. The number of amides is 4. The summed E-state index contributed by atoms with van der Waals surface area (Å²) in [5.41, 5.74) is 0.718. The summed E-state index contributed by atoms with van der Waals surface area (Å²) in [7, 11) is 0. The van der Waals surface area contributed by atoms with Gasteiger partial charge in [-0.1, -0.05) is 198 Å². The van der Waals surface area contributed by atoms with Crippen LogP contribution in [-0.4, -0.2) is 45.5 Å². The molecule has 13 heteroatoms. The van der Waals surface area contributed by atoms with Crippen molar-refractivity contribution in [2.45, 2.75) is 162 Å². The van der Waals surface area contributed by atoms with E-state index in [2.05, 4.69) is 13.8 Å². The van der Waals surface area contributed by atoms with Crippen LogP contribution in [0, 0.1) is 6.92 Å². The first-order chi connectivity index (χ1) is 29.6. The molecule has 0 radical (unpaired) electrons. The molecule has 5 aromatic carbocycles. The Hall–Kier alpha value is -2.29. The average Bonchev–Trinajstić information content (AvgIpc) is 3.23. The average molecular weight is 982 g/mol. The third-order valence-corrected chi connectivity index (χ3v) is 16.4. The Labute approximate surface area is 399 Å². The molecular weight excluding hydrogens is 929 g/mol. The van der Waals surface area contributed by atoms with Gasteiger partial charge in [-0.25, -0.2) is 0 Å². The lowest BCUT2D eigenvalue weighted by Crippen LogP contribution is -2.46. The summed E-state index contributed by atoms with van der Waals surface area (Å²) in [6, 6.07) is -0.912. The first-order valence-electron chi connectivity index (χ1n) is 22.4. The lowest BCUT2D eigenvalue weighted by Gasteiger charge is -2.36. The highest BCUT2D eigenvalue weighted by Gasteiger charge is 2.45. The van der Waals surface area contributed by atoms with Crippen molar-refractivity contribution in [3.05, 3.63) is 63.0 Å².